The Bertz CT molecular complexity index is 1140. The van der Waals surface area contributed by atoms with E-state index in [1.165, 1.54) is 4.57 Å². The van der Waals surface area contributed by atoms with Crippen LogP contribution in [0.25, 0.3) is 21.3 Å². The summed E-state index contributed by atoms with van der Waals surface area (Å²) in [5.41, 5.74) is 2.88. The summed E-state index contributed by atoms with van der Waals surface area (Å²) >= 11 is 1.59. The highest BCUT2D eigenvalue weighted by atomic mass is 32.1. The number of aryl methyl sites for hydroxylation is 2. The van der Waals surface area contributed by atoms with Gasteiger partial charge in [-0.2, -0.15) is 0 Å². The molecule has 2 aromatic carbocycles. The van der Waals surface area contributed by atoms with Gasteiger partial charge in [0.2, 0.25) is 5.91 Å². The summed E-state index contributed by atoms with van der Waals surface area (Å²) < 4.78 is 7.68. The Morgan fingerprint density at radius 2 is 2.12 bits per heavy atom. The summed E-state index contributed by atoms with van der Waals surface area (Å²) in [5, 5.41) is 3.86. The van der Waals surface area contributed by atoms with E-state index in [9.17, 15) is 9.59 Å². The lowest BCUT2D eigenvalue weighted by atomic mass is 10.3. The quantitative estimate of drug-likeness (QED) is 0.609. The Balaban J connectivity index is 1.47. The summed E-state index contributed by atoms with van der Waals surface area (Å²) in [6, 6.07) is 12.8. The number of carbonyl (C=O) groups excluding carboxylic acids is 1. The first kappa shape index (κ1) is 15.6. The maximum Gasteiger partial charge on any atom is 0.419 e. The second-order valence-electron chi connectivity index (χ2n) is 5.70. The molecule has 0 atom stereocenters. The average molecular weight is 353 g/mol. The van der Waals surface area contributed by atoms with E-state index in [2.05, 4.69) is 10.3 Å². The molecular formula is C18H15N3O3S. The molecule has 7 heteroatoms. The van der Waals surface area contributed by atoms with Crippen molar-refractivity contribution in [2.24, 2.45) is 0 Å². The highest BCUT2D eigenvalue weighted by Gasteiger charge is 2.11. The van der Waals surface area contributed by atoms with E-state index in [0.29, 0.717) is 11.1 Å². The molecular weight excluding hydrogens is 338 g/mol. The van der Waals surface area contributed by atoms with Gasteiger partial charge in [-0.15, -0.1) is 11.3 Å². The Morgan fingerprint density at radius 1 is 1.28 bits per heavy atom. The molecule has 4 aromatic rings. The molecule has 25 heavy (non-hydrogen) atoms. The number of nitrogens with zero attached hydrogens (tertiary/aromatic N) is 2. The van der Waals surface area contributed by atoms with Gasteiger partial charge in [-0.25, -0.2) is 9.78 Å². The van der Waals surface area contributed by atoms with Crippen LogP contribution in [0.15, 0.2) is 51.7 Å². The third kappa shape index (κ3) is 3.06. The average Bonchev–Trinajstić information content (AvgIpc) is 3.10. The highest BCUT2D eigenvalue weighted by molar-refractivity contribution is 7.18. The number of thiazole rings is 1. The van der Waals surface area contributed by atoms with Gasteiger partial charge in [-0.05, 0) is 37.3 Å². The maximum atomic E-state index is 12.2. The van der Waals surface area contributed by atoms with Crippen molar-refractivity contribution in [1.82, 2.24) is 9.55 Å². The van der Waals surface area contributed by atoms with Gasteiger partial charge < -0.3 is 9.73 Å². The molecule has 2 aromatic heterocycles. The third-order valence-corrected chi connectivity index (χ3v) is 4.85. The van der Waals surface area contributed by atoms with Crippen LogP contribution >= 0.6 is 11.3 Å². The molecule has 0 saturated carbocycles. The molecule has 0 unspecified atom stereocenters. The third-order valence-electron chi connectivity index (χ3n) is 3.92. The van der Waals surface area contributed by atoms with E-state index >= 15 is 0 Å². The zero-order valence-corrected chi connectivity index (χ0v) is 14.3. The van der Waals surface area contributed by atoms with Gasteiger partial charge in [-0.1, -0.05) is 12.1 Å². The second-order valence-corrected chi connectivity index (χ2v) is 6.94. The van der Waals surface area contributed by atoms with Crippen LogP contribution in [0.3, 0.4) is 0 Å². The molecule has 0 saturated heterocycles. The van der Waals surface area contributed by atoms with Gasteiger partial charge in [0.1, 0.15) is 0 Å². The number of carbonyl (C=O) groups is 1. The Morgan fingerprint density at radius 3 is 3.00 bits per heavy atom. The zero-order chi connectivity index (χ0) is 17.4. The number of aromatic nitrogens is 2. The normalized spacial score (nSPS) is 11.2. The molecule has 0 bridgehead atoms. The molecule has 4 rings (SSSR count). The summed E-state index contributed by atoms with van der Waals surface area (Å²) in [5.74, 6) is -0.603. The molecule has 6 nitrogen and oxygen atoms in total. The summed E-state index contributed by atoms with van der Waals surface area (Å²) in [6.45, 7) is 2.22. The number of para-hydroxylation sites is 2. The van der Waals surface area contributed by atoms with E-state index in [4.69, 9.17) is 4.42 Å². The Hall–Kier alpha value is -2.93. The lowest BCUT2D eigenvalue weighted by molar-refractivity contribution is -0.116. The summed E-state index contributed by atoms with van der Waals surface area (Å²) in [6.07, 6.45) is 0.184. The predicted octanol–water partition coefficient (Wildman–Crippen LogP) is 3.54. The molecule has 0 aliphatic heterocycles. The van der Waals surface area contributed by atoms with Gasteiger partial charge in [0.05, 0.1) is 20.7 Å². The van der Waals surface area contributed by atoms with Crippen molar-refractivity contribution < 1.29 is 9.21 Å². The van der Waals surface area contributed by atoms with Gasteiger partial charge in [0.25, 0.3) is 0 Å². The van der Waals surface area contributed by atoms with Crippen LogP contribution in [0.4, 0.5) is 5.69 Å². The number of anilines is 1. The molecule has 2 heterocycles. The van der Waals surface area contributed by atoms with Gasteiger partial charge >= 0.3 is 5.76 Å². The molecule has 1 amide bonds. The smallest absolute Gasteiger partial charge is 0.408 e. The van der Waals surface area contributed by atoms with Crippen LogP contribution in [0.2, 0.25) is 0 Å². The summed E-state index contributed by atoms with van der Waals surface area (Å²) in [4.78, 5) is 28.5. The molecule has 0 aliphatic carbocycles. The van der Waals surface area contributed by atoms with Crippen molar-refractivity contribution in [3.05, 3.63) is 58.0 Å². The molecule has 126 valence electrons. The lowest BCUT2D eigenvalue weighted by Gasteiger charge is -2.05. The SMILES string of the molecule is Cc1nc2ccc(NC(=O)CCn3c(=O)oc4ccccc43)cc2s1. The fourth-order valence-corrected chi connectivity index (χ4v) is 3.65. The lowest BCUT2D eigenvalue weighted by Crippen LogP contribution is -2.19. The van der Waals surface area contributed by atoms with Crippen LogP contribution in [-0.2, 0) is 11.3 Å². The Kier molecular flexibility index (Phi) is 3.85. The first-order chi connectivity index (χ1) is 12.1. The van der Waals surface area contributed by atoms with E-state index in [1.54, 1.807) is 29.5 Å². The van der Waals surface area contributed by atoms with E-state index in [1.807, 2.05) is 31.2 Å². The van der Waals surface area contributed by atoms with Crippen LogP contribution in [0.5, 0.6) is 0 Å². The largest absolute Gasteiger partial charge is 0.419 e. The van der Waals surface area contributed by atoms with Crippen LogP contribution in [-0.4, -0.2) is 15.5 Å². The maximum absolute atomic E-state index is 12.2. The molecule has 0 fully saturated rings. The number of hydrogen-bond donors (Lipinski definition) is 1. The number of fused-ring (bicyclic) bond motifs is 2. The number of oxazole rings is 1. The minimum atomic E-state index is -0.449. The van der Waals surface area contributed by atoms with Crippen LogP contribution < -0.4 is 11.1 Å². The number of rotatable bonds is 4. The Labute approximate surface area is 146 Å². The minimum absolute atomic E-state index is 0.155. The molecule has 1 N–H and O–H groups in total. The zero-order valence-electron chi connectivity index (χ0n) is 13.5. The number of hydrogen-bond acceptors (Lipinski definition) is 5. The monoisotopic (exact) mass is 353 g/mol. The van der Waals surface area contributed by atoms with Crippen molar-refractivity contribution in [2.75, 3.05) is 5.32 Å². The van der Waals surface area contributed by atoms with Gasteiger partial charge in [0.15, 0.2) is 5.58 Å². The second kappa shape index (κ2) is 6.18. The van der Waals surface area contributed by atoms with Crippen molar-refractivity contribution in [3.63, 3.8) is 0 Å². The fraction of sp³-hybridized carbons (Fsp3) is 0.167. The molecule has 0 radical (unpaired) electrons. The fourth-order valence-electron chi connectivity index (χ4n) is 2.78. The molecule has 0 aliphatic rings. The van der Waals surface area contributed by atoms with Crippen molar-refractivity contribution in [3.8, 4) is 0 Å². The topological polar surface area (TPSA) is 77.1 Å². The van der Waals surface area contributed by atoms with Crippen LogP contribution in [0, 0.1) is 6.92 Å². The van der Waals surface area contributed by atoms with Gasteiger partial charge in [-0.3, -0.25) is 9.36 Å². The van der Waals surface area contributed by atoms with Crippen molar-refractivity contribution in [2.45, 2.75) is 19.9 Å². The standard InChI is InChI=1S/C18H15N3O3S/c1-11-19-13-7-6-12(10-16(13)25-11)20-17(22)8-9-21-14-4-2-3-5-15(14)24-18(21)23/h2-7,10H,8-9H2,1H3,(H,20,22). The predicted molar refractivity (Wildman–Crippen MR) is 98.1 cm³/mol. The van der Waals surface area contributed by atoms with Gasteiger partial charge in [0, 0.05) is 18.7 Å². The first-order valence-electron chi connectivity index (χ1n) is 7.85. The molecule has 0 spiro atoms. The van der Waals surface area contributed by atoms with Crippen molar-refractivity contribution in [1.29, 1.82) is 0 Å². The highest BCUT2D eigenvalue weighted by Crippen LogP contribution is 2.24. The minimum Gasteiger partial charge on any atom is -0.408 e. The van der Waals surface area contributed by atoms with Crippen molar-refractivity contribution >= 4 is 44.2 Å². The van der Waals surface area contributed by atoms with E-state index in [0.717, 1.165) is 20.9 Å². The van der Waals surface area contributed by atoms with Crippen LogP contribution in [0.1, 0.15) is 11.4 Å². The summed E-state index contributed by atoms with van der Waals surface area (Å²) in [7, 11) is 0. The number of nitrogens with one attached hydrogen (secondary N) is 1. The first-order valence-corrected chi connectivity index (χ1v) is 8.67. The van der Waals surface area contributed by atoms with E-state index in [-0.39, 0.29) is 18.9 Å². The number of amides is 1. The van der Waals surface area contributed by atoms with E-state index < -0.39 is 5.76 Å². The number of benzene rings is 2.